The van der Waals surface area contributed by atoms with E-state index in [4.69, 9.17) is 11.6 Å². The van der Waals surface area contributed by atoms with Crippen LogP contribution in [0.3, 0.4) is 0 Å². The van der Waals surface area contributed by atoms with Crippen LogP contribution in [0.4, 0.5) is 10.8 Å². The van der Waals surface area contributed by atoms with Gasteiger partial charge in [-0.05, 0) is 13.0 Å². The van der Waals surface area contributed by atoms with Crippen molar-refractivity contribution in [2.75, 3.05) is 5.32 Å². The second kappa shape index (κ2) is 6.20. The highest BCUT2D eigenvalue weighted by Crippen LogP contribution is 2.26. The van der Waals surface area contributed by atoms with Gasteiger partial charge in [-0.2, -0.15) is 0 Å². The summed E-state index contributed by atoms with van der Waals surface area (Å²) >= 11 is 6.93. The predicted molar refractivity (Wildman–Crippen MR) is 82.9 cm³/mol. The summed E-state index contributed by atoms with van der Waals surface area (Å²) in [5, 5.41) is 13.6. The van der Waals surface area contributed by atoms with Crippen LogP contribution in [0.1, 0.15) is 32.6 Å². The van der Waals surface area contributed by atoms with Crippen molar-refractivity contribution < 1.29 is 14.5 Å². The molecule has 1 aromatic carbocycles. The van der Waals surface area contributed by atoms with Gasteiger partial charge in [0.25, 0.3) is 11.6 Å². The van der Waals surface area contributed by atoms with Crippen LogP contribution in [-0.2, 0) is 0 Å². The summed E-state index contributed by atoms with van der Waals surface area (Å²) in [5.74, 6) is -0.776. The van der Waals surface area contributed by atoms with E-state index in [1.807, 2.05) is 0 Å². The molecule has 2 rings (SSSR count). The minimum Gasteiger partial charge on any atom is -0.298 e. The molecule has 0 aliphatic rings. The monoisotopic (exact) mass is 339 g/mol. The van der Waals surface area contributed by atoms with Crippen molar-refractivity contribution in [3.8, 4) is 0 Å². The van der Waals surface area contributed by atoms with Gasteiger partial charge in [0.1, 0.15) is 0 Å². The predicted octanol–water partition coefficient (Wildman–Crippen LogP) is 3.47. The van der Waals surface area contributed by atoms with Crippen LogP contribution in [0.25, 0.3) is 0 Å². The highest BCUT2D eigenvalue weighted by Gasteiger charge is 2.18. The summed E-state index contributed by atoms with van der Waals surface area (Å²) in [6.45, 7) is 3.06. The SMILES string of the molecule is CC(=O)c1sc(NC(=O)c2cc([N+](=O)[O-])ccc2Cl)nc1C. The van der Waals surface area contributed by atoms with E-state index in [0.717, 1.165) is 17.4 Å². The van der Waals surface area contributed by atoms with Gasteiger partial charge in [-0.25, -0.2) is 4.98 Å². The molecule has 22 heavy (non-hydrogen) atoms. The van der Waals surface area contributed by atoms with Crippen LogP contribution in [0.2, 0.25) is 5.02 Å². The third kappa shape index (κ3) is 3.29. The van der Waals surface area contributed by atoms with Crippen molar-refractivity contribution in [1.29, 1.82) is 0 Å². The molecule has 0 saturated heterocycles. The molecular weight excluding hydrogens is 330 g/mol. The molecule has 0 atom stereocenters. The zero-order chi connectivity index (χ0) is 16.4. The highest BCUT2D eigenvalue weighted by molar-refractivity contribution is 7.17. The first kappa shape index (κ1) is 16.1. The summed E-state index contributed by atoms with van der Waals surface area (Å²) in [6.07, 6.45) is 0. The standard InChI is InChI=1S/C13H10ClN3O4S/c1-6-11(7(2)18)22-13(15-6)16-12(19)9-5-8(17(20)21)3-4-10(9)14/h3-5H,1-2H3,(H,15,16,19). The van der Waals surface area contributed by atoms with E-state index in [2.05, 4.69) is 10.3 Å². The molecule has 0 saturated carbocycles. The topological polar surface area (TPSA) is 102 Å². The lowest BCUT2D eigenvalue weighted by Gasteiger charge is -2.03. The van der Waals surface area contributed by atoms with Gasteiger partial charge in [-0.1, -0.05) is 22.9 Å². The molecule has 0 aliphatic heterocycles. The van der Waals surface area contributed by atoms with Crippen molar-refractivity contribution in [3.63, 3.8) is 0 Å². The average molecular weight is 340 g/mol. The van der Waals surface area contributed by atoms with Crippen LogP contribution in [0.15, 0.2) is 18.2 Å². The van der Waals surface area contributed by atoms with Crippen LogP contribution in [0.5, 0.6) is 0 Å². The minimum absolute atomic E-state index is 0.0342. The molecule has 114 valence electrons. The number of halogens is 1. The molecule has 0 fully saturated rings. The van der Waals surface area contributed by atoms with Gasteiger partial charge in [0, 0.05) is 19.1 Å². The largest absolute Gasteiger partial charge is 0.298 e. The lowest BCUT2D eigenvalue weighted by molar-refractivity contribution is -0.384. The van der Waals surface area contributed by atoms with Gasteiger partial charge in [-0.3, -0.25) is 25.0 Å². The number of aryl methyl sites for hydroxylation is 1. The number of benzene rings is 1. The maximum absolute atomic E-state index is 12.2. The molecule has 1 amide bonds. The number of hydrogen-bond donors (Lipinski definition) is 1. The van der Waals surface area contributed by atoms with E-state index in [0.29, 0.717) is 10.6 Å². The third-order valence-electron chi connectivity index (χ3n) is 2.74. The molecule has 0 radical (unpaired) electrons. The smallest absolute Gasteiger partial charge is 0.270 e. The van der Waals surface area contributed by atoms with Crippen molar-refractivity contribution in [2.45, 2.75) is 13.8 Å². The number of thiazole rings is 1. The average Bonchev–Trinajstić information content (AvgIpc) is 2.79. The zero-order valence-electron chi connectivity index (χ0n) is 11.5. The number of hydrogen-bond acceptors (Lipinski definition) is 6. The Bertz CT molecular complexity index is 788. The number of Topliss-reactive ketones (excluding diaryl/α,β-unsaturated/α-hetero) is 1. The highest BCUT2D eigenvalue weighted by atomic mass is 35.5. The third-order valence-corrected chi connectivity index (χ3v) is 4.25. The number of anilines is 1. The molecule has 0 unspecified atom stereocenters. The van der Waals surface area contributed by atoms with Gasteiger partial charge >= 0.3 is 0 Å². The Labute approximate surface area is 134 Å². The molecule has 1 heterocycles. The number of rotatable bonds is 4. The van der Waals surface area contributed by atoms with Crippen LogP contribution in [0, 0.1) is 17.0 Å². The van der Waals surface area contributed by atoms with Crippen LogP contribution in [-0.4, -0.2) is 21.6 Å². The second-order valence-electron chi connectivity index (χ2n) is 4.37. The van der Waals surface area contributed by atoms with Crippen LogP contribution < -0.4 is 5.32 Å². The van der Waals surface area contributed by atoms with Crippen LogP contribution >= 0.6 is 22.9 Å². The Morgan fingerprint density at radius 1 is 1.41 bits per heavy atom. The van der Waals surface area contributed by atoms with Gasteiger partial charge in [-0.15, -0.1) is 0 Å². The lowest BCUT2D eigenvalue weighted by atomic mass is 10.2. The summed E-state index contributed by atoms with van der Waals surface area (Å²) < 4.78 is 0. The number of nitrogens with zero attached hydrogens (tertiary/aromatic N) is 2. The molecule has 2 aromatic rings. The van der Waals surface area contributed by atoms with Crippen molar-refractivity contribution in [3.05, 3.63) is 49.5 Å². The molecule has 9 heteroatoms. The van der Waals surface area contributed by atoms with Crippen molar-refractivity contribution in [2.24, 2.45) is 0 Å². The number of nitro benzene ring substituents is 1. The Balaban J connectivity index is 2.29. The van der Waals surface area contributed by atoms with Gasteiger partial charge in [0.05, 0.1) is 26.1 Å². The Hall–Kier alpha value is -2.32. The van der Waals surface area contributed by atoms with E-state index in [1.165, 1.54) is 19.1 Å². The van der Waals surface area contributed by atoms with Gasteiger partial charge in [0.2, 0.25) is 0 Å². The molecule has 0 bridgehead atoms. The minimum atomic E-state index is -0.627. The first-order valence-corrected chi connectivity index (χ1v) is 7.22. The molecule has 7 nitrogen and oxygen atoms in total. The zero-order valence-corrected chi connectivity index (χ0v) is 13.1. The molecule has 1 aromatic heterocycles. The lowest BCUT2D eigenvalue weighted by Crippen LogP contribution is -2.12. The van der Waals surface area contributed by atoms with Gasteiger partial charge < -0.3 is 0 Å². The molecule has 0 spiro atoms. The number of nitro groups is 1. The Morgan fingerprint density at radius 3 is 2.64 bits per heavy atom. The first-order valence-electron chi connectivity index (χ1n) is 6.03. The Morgan fingerprint density at radius 2 is 2.09 bits per heavy atom. The van der Waals surface area contributed by atoms with E-state index in [9.17, 15) is 19.7 Å². The molecule has 0 aliphatic carbocycles. The fourth-order valence-electron chi connectivity index (χ4n) is 1.74. The quantitative estimate of drug-likeness (QED) is 0.522. The van der Waals surface area contributed by atoms with E-state index in [-0.39, 0.29) is 27.2 Å². The number of ketones is 1. The number of amides is 1. The summed E-state index contributed by atoms with van der Waals surface area (Å²) in [5.41, 5.74) is 0.236. The van der Waals surface area contributed by atoms with E-state index >= 15 is 0 Å². The maximum atomic E-state index is 12.2. The van der Waals surface area contributed by atoms with Crippen molar-refractivity contribution >= 4 is 45.4 Å². The second-order valence-corrected chi connectivity index (χ2v) is 5.77. The maximum Gasteiger partial charge on any atom is 0.270 e. The van der Waals surface area contributed by atoms with Gasteiger partial charge in [0.15, 0.2) is 10.9 Å². The fourth-order valence-corrected chi connectivity index (χ4v) is 2.80. The number of carbonyl (C=O) groups is 2. The Kier molecular flexibility index (Phi) is 4.53. The summed E-state index contributed by atoms with van der Waals surface area (Å²) in [4.78, 5) is 38.2. The summed E-state index contributed by atoms with van der Waals surface area (Å²) in [6, 6.07) is 3.58. The molecule has 1 N–H and O–H groups in total. The number of aromatic nitrogens is 1. The fraction of sp³-hybridized carbons (Fsp3) is 0.154. The number of non-ortho nitro benzene ring substituents is 1. The molecular formula is C13H10ClN3O4S. The van der Waals surface area contributed by atoms with E-state index in [1.54, 1.807) is 6.92 Å². The number of nitrogens with one attached hydrogen (secondary N) is 1. The summed E-state index contributed by atoms with van der Waals surface area (Å²) in [7, 11) is 0. The van der Waals surface area contributed by atoms with E-state index < -0.39 is 10.8 Å². The van der Waals surface area contributed by atoms with Crippen molar-refractivity contribution in [1.82, 2.24) is 4.98 Å². The number of carbonyl (C=O) groups excluding carboxylic acids is 2. The normalized spacial score (nSPS) is 10.3. The first-order chi connectivity index (χ1) is 10.3.